The zero-order valence-electron chi connectivity index (χ0n) is 23.3. The van der Waals surface area contributed by atoms with E-state index in [9.17, 15) is 48.0 Å². The third-order valence-electron chi connectivity index (χ3n) is 6.14. The molecule has 5 atom stereocenters. The SMILES string of the molecule is C=CS(=O)(=O)CCCCCC(=O)NCCC(=O)Nc1cc(COC(=O)[I-]C)ccc1O[C@@H]1O[C@H](C(=O)O)[C@@H](O)[C@H](O)[C@H]1O. The molecule has 1 aromatic rings. The third kappa shape index (κ3) is 12.0. The fraction of sp³-hybridized carbons (Fsp3) is 0.538. The van der Waals surface area contributed by atoms with Crippen LogP contribution in [0.3, 0.4) is 0 Å². The fourth-order valence-corrected chi connectivity index (χ4v) is 5.04. The Kier molecular flexibility index (Phi) is 14.8. The van der Waals surface area contributed by atoms with Gasteiger partial charge >= 0.3 is 178 Å². The number of benzene rings is 1. The van der Waals surface area contributed by atoms with Crippen molar-refractivity contribution < 1.29 is 83.4 Å². The molecule has 15 nitrogen and oxygen atoms in total. The molecule has 0 aromatic heterocycles. The zero-order chi connectivity index (χ0) is 32.2. The number of anilines is 1. The van der Waals surface area contributed by atoms with E-state index in [-0.39, 0.29) is 53.1 Å². The number of carbonyl (C=O) groups excluding carboxylic acids is 3. The quantitative estimate of drug-likeness (QED) is 0.0402. The molecule has 17 heteroatoms. The van der Waals surface area contributed by atoms with E-state index in [0.29, 0.717) is 24.8 Å². The first kappa shape index (κ1) is 36.4. The Bertz CT molecular complexity index is 1260. The molecule has 0 spiro atoms. The Balaban J connectivity index is 2.01. The molecule has 1 fully saturated rings. The summed E-state index contributed by atoms with van der Waals surface area (Å²) in [5, 5.41) is 45.7. The van der Waals surface area contributed by atoms with Gasteiger partial charge in [-0.15, -0.1) is 0 Å². The standard InChI is InChI=1S/C26H36IN2O13S/c1-3-43(38,39)12-6-4-5-7-18(30)28-11-10-19(31)29-16-13-15(14-40-26(37)27-2)8-9-17(16)41-25-22(34)20(32)21(33)23(42-25)24(35)36/h3,8-9,13,20-23,25,32-34H,1,4-7,10-12,14H2,2H3,(H,28,30)(H,29,31)(H,35,36)/q-1/t20-,21-,22+,23-,25+/m0/s1. The molecule has 1 aliphatic rings. The van der Waals surface area contributed by atoms with E-state index in [1.807, 2.05) is 0 Å². The van der Waals surface area contributed by atoms with E-state index in [4.69, 9.17) is 14.2 Å². The van der Waals surface area contributed by atoms with Crippen molar-refractivity contribution in [2.45, 2.75) is 69.4 Å². The summed E-state index contributed by atoms with van der Waals surface area (Å²) >= 11 is -0.798. The van der Waals surface area contributed by atoms with Gasteiger partial charge in [-0.25, -0.2) is 13.2 Å². The van der Waals surface area contributed by atoms with Crippen LogP contribution in [-0.2, 0) is 40.3 Å². The van der Waals surface area contributed by atoms with Gasteiger partial charge in [0.1, 0.15) is 0 Å². The van der Waals surface area contributed by atoms with Crippen molar-refractivity contribution in [1.82, 2.24) is 5.32 Å². The Hall–Kier alpha value is -2.84. The Morgan fingerprint density at radius 3 is 2.42 bits per heavy atom. The molecule has 0 bridgehead atoms. The number of rotatable bonds is 17. The number of amides is 2. The van der Waals surface area contributed by atoms with Crippen molar-refractivity contribution in [3.8, 4) is 5.75 Å². The molecular weight excluding hydrogens is 707 g/mol. The van der Waals surface area contributed by atoms with Crippen LogP contribution < -0.4 is 36.6 Å². The number of hydrogen-bond acceptors (Lipinski definition) is 12. The normalized spacial score (nSPS) is 21.9. The van der Waals surface area contributed by atoms with Crippen molar-refractivity contribution in [3.63, 3.8) is 0 Å². The predicted octanol–water partition coefficient (Wildman–Crippen LogP) is -3.12. The summed E-state index contributed by atoms with van der Waals surface area (Å²) in [6.07, 6.45) is -7.93. The monoisotopic (exact) mass is 743 g/mol. The number of unbranched alkanes of at least 4 members (excludes halogenated alkanes) is 2. The van der Waals surface area contributed by atoms with Crippen LogP contribution in [0.1, 0.15) is 37.7 Å². The summed E-state index contributed by atoms with van der Waals surface area (Å²) in [5.74, 6) is -2.60. The number of hydrogen-bond donors (Lipinski definition) is 6. The molecule has 2 rings (SSSR count). The number of aliphatic carboxylic acids is 1. The molecule has 0 aliphatic carbocycles. The molecule has 0 radical (unpaired) electrons. The molecular formula is C26H36IN2O13S-. The van der Waals surface area contributed by atoms with E-state index in [1.54, 1.807) is 4.93 Å². The summed E-state index contributed by atoms with van der Waals surface area (Å²) in [6, 6.07) is 4.27. The van der Waals surface area contributed by atoms with Crippen LogP contribution in [0, 0.1) is 0 Å². The van der Waals surface area contributed by atoms with E-state index in [0.717, 1.165) is 5.41 Å². The van der Waals surface area contributed by atoms with E-state index >= 15 is 0 Å². The maximum atomic E-state index is 12.7. The molecule has 1 aromatic carbocycles. The van der Waals surface area contributed by atoms with Gasteiger partial charge in [0.2, 0.25) is 0 Å². The van der Waals surface area contributed by atoms with Crippen molar-refractivity contribution in [2.24, 2.45) is 0 Å². The molecule has 0 unspecified atom stereocenters. The average Bonchev–Trinajstić information content (AvgIpc) is 2.96. The van der Waals surface area contributed by atoms with Crippen LogP contribution in [0.2, 0.25) is 0 Å². The summed E-state index contributed by atoms with van der Waals surface area (Å²) < 4.78 is 38.4. The maximum absolute atomic E-state index is 12.7. The van der Waals surface area contributed by atoms with Crippen LogP contribution in [0.25, 0.3) is 0 Å². The van der Waals surface area contributed by atoms with Crippen molar-refractivity contribution in [3.05, 3.63) is 35.7 Å². The molecule has 1 saturated heterocycles. The van der Waals surface area contributed by atoms with Gasteiger partial charge in [0.15, 0.2) is 9.84 Å². The van der Waals surface area contributed by atoms with Gasteiger partial charge in [-0.2, -0.15) is 0 Å². The van der Waals surface area contributed by atoms with Crippen LogP contribution >= 0.6 is 0 Å². The molecule has 6 N–H and O–H groups in total. The Morgan fingerprint density at radius 1 is 1.05 bits per heavy atom. The molecule has 242 valence electrons. The first-order valence-electron chi connectivity index (χ1n) is 13.1. The number of carboxylic acids is 1. The minimum absolute atomic E-state index is 0.0159. The number of sulfone groups is 1. The van der Waals surface area contributed by atoms with Gasteiger partial charge < -0.3 is 10.2 Å². The number of aliphatic hydroxyl groups is 3. The number of alkyl halides is 1. The van der Waals surface area contributed by atoms with Crippen LogP contribution in [0.4, 0.5) is 10.5 Å². The minimum atomic E-state index is -3.28. The number of halogens is 1. The second kappa shape index (κ2) is 17.5. The van der Waals surface area contributed by atoms with Gasteiger partial charge in [0, 0.05) is 11.8 Å². The van der Waals surface area contributed by atoms with Crippen LogP contribution in [0.15, 0.2) is 30.2 Å². The van der Waals surface area contributed by atoms with E-state index in [1.165, 1.54) is 18.2 Å². The first-order valence-corrected chi connectivity index (χ1v) is 18.0. The Morgan fingerprint density at radius 2 is 1.77 bits per heavy atom. The van der Waals surface area contributed by atoms with Gasteiger partial charge in [0.25, 0.3) is 0 Å². The van der Waals surface area contributed by atoms with Crippen molar-refractivity contribution in [2.75, 3.05) is 22.5 Å². The predicted molar refractivity (Wildman–Crippen MR) is 146 cm³/mol. The molecule has 2 amide bonds. The molecule has 0 saturated carbocycles. The second-order valence-corrected chi connectivity index (χ2v) is 13.4. The van der Waals surface area contributed by atoms with Gasteiger partial charge in [0.05, 0.1) is 5.75 Å². The summed E-state index contributed by atoms with van der Waals surface area (Å²) in [5.41, 5.74) is 0.500. The molecule has 1 aliphatic heterocycles. The topological polar surface area (TPSA) is 235 Å². The summed E-state index contributed by atoms with van der Waals surface area (Å²) in [4.78, 5) is 49.5. The average molecular weight is 744 g/mol. The van der Waals surface area contributed by atoms with Gasteiger partial charge in [-0.05, 0) is 12.8 Å². The molecule has 1 heterocycles. The fourth-order valence-electron chi connectivity index (χ4n) is 3.80. The van der Waals surface area contributed by atoms with E-state index in [2.05, 4.69) is 17.2 Å². The van der Waals surface area contributed by atoms with Crippen LogP contribution in [-0.4, -0.2) is 98.5 Å². The third-order valence-corrected chi connectivity index (χ3v) is 8.70. The summed E-state index contributed by atoms with van der Waals surface area (Å²) in [6.45, 7) is 3.11. The first-order chi connectivity index (χ1) is 20.3. The van der Waals surface area contributed by atoms with E-state index < -0.39 is 73.6 Å². The number of ether oxygens (including phenoxy) is 3. The summed E-state index contributed by atoms with van der Waals surface area (Å²) in [7, 11) is -3.28. The van der Waals surface area contributed by atoms with Gasteiger partial charge in [-0.3, -0.25) is 4.79 Å². The van der Waals surface area contributed by atoms with Crippen molar-refractivity contribution >= 4 is 37.3 Å². The molecule has 43 heavy (non-hydrogen) atoms. The van der Waals surface area contributed by atoms with Crippen molar-refractivity contribution in [1.29, 1.82) is 0 Å². The number of carbonyl (C=O) groups is 4. The Labute approximate surface area is 258 Å². The number of carboxylic acid groups (broad SMARTS) is 1. The van der Waals surface area contributed by atoms with Gasteiger partial charge in [-0.1, -0.05) is 13.0 Å². The number of nitrogens with one attached hydrogen (secondary N) is 2. The zero-order valence-corrected chi connectivity index (χ0v) is 26.3. The number of aliphatic hydroxyl groups excluding tert-OH is 3. The second-order valence-electron chi connectivity index (χ2n) is 9.39. The van der Waals surface area contributed by atoms with Crippen LogP contribution in [0.5, 0.6) is 5.75 Å².